The number of benzene rings is 1. The maximum Gasteiger partial charge on any atom is 0.170 e. The average Bonchev–Trinajstić information content (AvgIpc) is 3.14. The Morgan fingerprint density at radius 3 is 2.44 bits per heavy atom. The van der Waals surface area contributed by atoms with Gasteiger partial charge in [-0.15, -0.1) is 0 Å². The second kappa shape index (κ2) is 13.0. The molecule has 1 saturated carbocycles. The van der Waals surface area contributed by atoms with Crippen LogP contribution < -0.4 is 0 Å². The van der Waals surface area contributed by atoms with Gasteiger partial charge in [0.25, 0.3) is 0 Å². The summed E-state index contributed by atoms with van der Waals surface area (Å²) in [6.45, 7) is 13.4. The smallest absolute Gasteiger partial charge is 0.170 e. The maximum absolute atomic E-state index is 13.6. The van der Waals surface area contributed by atoms with Crippen LogP contribution in [0.15, 0.2) is 96.2 Å². The van der Waals surface area contributed by atoms with E-state index in [0.717, 1.165) is 35.5 Å². The number of carbonyl (C=O) groups is 1. The number of allylic oxidation sites excluding steroid dienone is 11. The van der Waals surface area contributed by atoms with E-state index >= 15 is 0 Å². The summed E-state index contributed by atoms with van der Waals surface area (Å²) in [7, 11) is 0. The van der Waals surface area contributed by atoms with Crippen LogP contribution in [0.5, 0.6) is 0 Å². The summed E-state index contributed by atoms with van der Waals surface area (Å²) < 4.78 is 13.6. The second-order valence-electron chi connectivity index (χ2n) is 11.5. The zero-order chi connectivity index (χ0) is 26.1. The summed E-state index contributed by atoms with van der Waals surface area (Å²) in [6.07, 6.45) is 23.7. The third kappa shape index (κ3) is 8.15. The van der Waals surface area contributed by atoms with Gasteiger partial charge < -0.3 is 0 Å². The van der Waals surface area contributed by atoms with Gasteiger partial charge in [-0.05, 0) is 86.8 Å². The van der Waals surface area contributed by atoms with Crippen molar-refractivity contribution < 1.29 is 10.6 Å². The Hall–Kier alpha value is -2.74. The molecule has 2 aliphatic rings. The lowest BCUT2D eigenvalue weighted by atomic mass is 9.69. The highest BCUT2D eigenvalue weighted by molar-refractivity contribution is 6.03. The fraction of sp³-hybridized carbons (Fsp3) is 0.441. The van der Waals surface area contributed by atoms with E-state index in [2.05, 4.69) is 45.6 Å². The molecule has 0 radical (unpaired) electrons. The molecule has 0 bridgehead atoms. The molecule has 1 atom stereocenters. The zero-order valence-corrected chi connectivity index (χ0v) is 22.6. The van der Waals surface area contributed by atoms with E-state index in [9.17, 15) is 9.18 Å². The molecule has 3 rings (SSSR count). The summed E-state index contributed by atoms with van der Waals surface area (Å²) in [5.74, 6) is 0.934. The number of rotatable bonds is 9. The predicted octanol–water partition coefficient (Wildman–Crippen LogP) is 9.86. The van der Waals surface area contributed by atoms with Gasteiger partial charge in [-0.1, -0.05) is 99.2 Å². The Labute approximate surface area is 219 Å². The van der Waals surface area contributed by atoms with E-state index in [1.54, 1.807) is 12.1 Å². The minimum absolute atomic E-state index is 0. The Bertz CT molecular complexity index is 1050. The summed E-state index contributed by atoms with van der Waals surface area (Å²) in [5.41, 5.74) is 4.17. The molecule has 1 nitrogen and oxygen atoms in total. The van der Waals surface area contributed by atoms with E-state index in [-0.39, 0.29) is 18.9 Å². The van der Waals surface area contributed by atoms with Gasteiger partial charge in [0.2, 0.25) is 0 Å². The average molecular weight is 489 g/mol. The molecule has 2 heteroatoms. The van der Waals surface area contributed by atoms with Crippen molar-refractivity contribution in [3.63, 3.8) is 0 Å². The summed E-state index contributed by atoms with van der Waals surface area (Å²) in [6, 6.07) is 6.35. The highest BCUT2D eigenvalue weighted by Crippen LogP contribution is 2.41. The van der Waals surface area contributed by atoms with Gasteiger partial charge in [0.1, 0.15) is 5.82 Å². The van der Waals surface area contributed by atoms with Gasteiger partial charge in [0.05, 0.1) is 5.92 Å². The first-order valence-electron chi connectivity index (χ1n) is 13.5. The molecule has 0 N–H and O–H groups in total. The van der Waals surface area contributed by atoms with Crippen LogP contribution in [-0.4, -0.2) is 5.78 Å². The molecule has 0 saturated heterocycles. The van der Waals surface area contributed by atoms with Crippen molar-refractivity contribution in [2.75, 3.05) is 0 Å². The van der Waals surface area contributed by atoms with Gasteiger partial charge in [0, 0.05) is 7.00 Å². The molecule has 36 heavy (non-hydrogen) atoms. The molecule has 0 spiro atoms. The lowest BCUT2D eigenvalue weighted by Crippen LogP contribution is -2.25. The first kappa shape index (κ1) is 27.8. The molecular weight excluding hydrogens is 443 g/mol. The van der Waals surface area contributed by atoms with Crippen LogP contribution in [0.4, 0.5) is 4.39 Å². The number of carbonyl (C=O) groups excluding carboxylic acids is 1. The van der Waals surface area contributed by atoms with Gasteiger partial charge in [-0.25, -0.2) is 4.39 Å². The topological polar surface area (TPSA) is 17.1 Å². The zero-order valence-electron chi connectivity index (χ0n) is 22.6. The minimum Gasteiger partial charge on any atom is -0.293 e. The molecule has 1 aromatic rings. The molecule has 194 valence electrons. The van der Waals surface area contributed by atoms with Crippen LogP contribution in [0, 0.1) is 23.1 Å². The van der Waals surface area contributed by atoms with Crippen molar-refractivity contribution in [2.24, 2.45) is 17.3 Å². The highest BCUT2D eigenvalue weighted by Gasteiger charge is 2.29. The molecule has 1 aromatic carbocycles. The van der Waals surface area contributed by atoms with Gasteiger partial charge in [-0.2, -0.15) is 0 Å². The summed E-state index contributed by atoms with van der Waals surface area (Å²) in [5, 5.41) is 0. The normalized spacial score (nSPS) is 21.8. The van der Waals surface area contributed by atoms with E-state index in [1.807, 2.05) is 37.3 Å². The van der Waals surface area contributed by atoms with Crippen molar-refractivity contribution in [1.82, 2.24) is 0 Å². The SMILES string of the molecule is C=C(/C=C\C(=C/C)CC(C(=O)C1=CC=CCC=C1)c1ccc(F)cc1)CC1CCC(C(C)(C)C)CC1.[HH]. The maximum atomic E-state index is 13.6. The lowest BCUT2D eigenvalue weighted by molar-refractivity contribution is -0.116. The van der Waals surface area contributed by atoms with E-state index in [4.69, 9.17) is 0 Å². The van der Waals surface area contributed by atoms with Crippen LogP contribution in [0.3, 0.4) is 0 Å². The number of Topliss-reactive ketones (excluding diaryl/α,β-unsaturated/α-hetero) is 1. The van der Waals surface area contributed by atoms with Crippen LogP contribution in [0.2, 0.25) is 0 Å². The number of halogens is 1. The minimum atomic E-state index is -0.371. The molecule has 0 aliphatic heterocycles. The van der Waals surface area contributed by atoms with Crippen molar-refractivity contribution in [3.8, 4) is 0 Å². The molecule has 2 aliphatic carbocycles. The van der Waals surface area contributed by atoms with Crippen LogP contribution in [0.25, 0.3) is 0 Å². The Balaban J connectivity index is 0.00000481. The summed E-state index contributed by atoms with van der Waals surface area (Å²) in [4.78, 5) is 13.6. The Morgan fingerprint density at radius 1 is 1.11 bits per heavy atom. The van der Waals surface area contributed by atoms with Gasteiger partial charge in [-0.3, -0.25) is 4.79 Å². The summed E-state index contributed by atoms with van der Waals surface area (Å²) >= 11 is 0. The fourth-order valence-electron chi connectivity index (χ4n) is 5.42. The molecule has 1 unspecified atom stereocenters. The molecule has 0 heterocycles. The lowest BCUT2D eigenvalue weighted by Gasteiger charge is -2.37. The Morgan fingerprint density at radius 2 is 1.81 bits per heavy atom. The van der Waals surface area contributed by atoms with Crippen molar-refractivity contribution in [2.45, 2.75) is 78.6 Å². The van der Waals surface area contributed by atoms with Crippen LogP contribution in [-0.2, 0) is 4.79 Å². The van der Waals surface area contributed by atoms with Crippen molar-refractivity contribution in [1.29, 1.82) is 0 Å². The second-order valence-corrected chi connectivity index (χ2v) is 11.5. The molecule has 1 fully saturated rings. The van der Waals surface area contributed by atoms with Crippen molar-refractivity contribution in [3.05, 3.63) is 108 Å². The van der Waals surface area contributed by atoms with Crippen LogP contribution in [0.1, 0.15) is 85.5 Å². The first-order valence-corrected chi connectivity index (χ1v) is 13.5. The number of ketones is 1. The van der Waals surface area contributed by atoms with Crippen molar-refractivity contribution >= 4 is 5.78 Å². The highest BCUT2D eigenvalue weighted by atomic mass is 19.1. The monoisotopic (exact) mass is 488 g/mol. The van der Waals surface area contributed by atoms with Gasteiger partial charge in [0.15, 0.2) is 5.78 Å². The quantitative estimate of drug-likeness (QED) is 0.316. The molecule has 0 aromatic heterocycles. The standard InChI is InChI=1S/C34H43FO.H2/c1-6-26(14-13-25(2)23-27-15-19-30(20-16-27)34(3,4)5)24-32(28-17-21-31(35)22-18-28)33(36)29-11-9-7-8-10-12-29;/h6-7,9-14,17-18,21-22,27,30,32H,2,8,15-16,19-20,23-24H2,1,3-5H3;1H/b14-13-,26-6+;. The Kier molecular flexibility index (Phi) is 10.0. The number of hydrogen-bond donors (Lipinski definition) is 0. The predicted molar refractivity (Wildman–Crippen MR) is 153 cm³/mol. The fourth-order valence-corrected chi connectivity index (χ4v) is 5.42. The molecular formula is C34H45FO. The van der Waals surface area contributed by atoms with E-state index < -0.39 is 0 Å². The largest absolute Gasteiger partial charge is 0.293 e. The molecule has 0 amide bonds. The van der Waals surface area contributed by atoms with E-state index in [1.165, 1.54) is 37.8 Å². The number of hydrogen-bond acceptors (Lipinski definition) is 1. The van der Waals surface area contributed by atoms with Gasteiger partial charge >= 0.3 is 0 Å². The van der Waals surface area contributed by atoms with Crippen LogP contribution >= 0.6 is 0 Å². The third-order valence-electron chi connectivity index (χ3n) is 7.82. The van der Waals surface area contributed by atoms with E-state index in [0.29, 0.717) is 23.3 Å². The third-order valence-corrected chi connectivity index (χ3v) is 7.82. The first-order chi connectivity index (χ1) is 17.2.